The smallest absolute Gasteiger partial charge is 0.310 e. The molecule has 0 saturated carbocycles. The molecule has 0 aliphatic carbocycles. The van der Waals surface area contributed by atoms with Crippen LogP contribution in [0.2, 0.25) is 0 Å². The summed E-state index contributed by atoms with van der Waals surface area (Å²) in [5.74, 6) is -2.49. The summed E-state index contributed by atoms with van der Waals surface area (Å²) < 4.78 is 37.1. The molecular formula is C14H18F2O3. The highest BCUT2D eigenvalue weighted by Crippen LogP contribution is 2.24. The fraction of sp³-hybridized carbons (Fsp3) is 0.500. The molecule has 0 unspecified atom stereocenters. The molecule has 0 fully saturated rings. The van der Waals surface area contributed by atoms with Crippen molar-refractivity contribution in [3.05, 3.63) is 29.3 Å². The Hall–Kier alpha value is -1.65. The lowest BCUT2D eigenvalue weighted by atomic mass is 10.1. The summed E-state index contributed by atoms with van der Waals surface area (Å²) in [5, 5.41) is 0. The molecule has 0 spiro atoms. The van der Waals surface area contributed by atoms with E-state index in [0.717, 1.165) is 25.0 Å². The van der Waals surface area contributed by atoms with Gasteiger partial charge in [-0.05, 0) is 31.0 Å². The van der Waals surface area contributed by atoms with E-state index in [1.807, 2.05) is 6.92 Å². The topological polar surface area (TPSA) is 35.5 Å². The zero-order valence-electron chi connectivity index (χ0n) is 11.2. The van der Waals surface area contributed by atoms with Crippen LogP contribution in [0.4, 0.5) is 8.78 Å². The molecule has 0 heterocycles. The van der Waals surface area contributed by atoms with Crippen molar-refractivity contribution >= 4 is 5.97 Å². The van der Waals surface area contributed by atoms with Crippen molar-refractivity contribution < 1.29 is 23.0 Å². The van der Waals surface area contributed by atoms with Crippen LogP contribution in [-0.4, -0.2) is 19.2 Å². The maximum Gasteiger partial charge on any atom is 0.310 e. The van der Waals surface area contributed by atoms with Gasteiger partial charge in [0.25, 0.3) is 0 Å². The van der Waals surface area contributed by atoms with Crippen molar-refractivity contribution in [1.82, 2.24) is 0 Å². The monoisotopic (exact) mass is 272 g/mol. The number of hydrogen-bond acceptors (Lipinski definition) is 3. The summed E-state index contributed by atoms with van der Waals surface area (Å²) in [7, 11) is 0. The normalized spacial score (nSPS) is 10.3. The van der Waals surface area contributed by atoms with Crippen LogP contribution in [0.3, 0.4) is 0 Å². The number of ether oxygens (including phenoxy) is 2. The zero-order valence-corrected chi connectivity index (χ0v) is 11.2. The van der Waals surface area contributed by atoms with Gasteiger partial charge in [-0.25, -0.2) is 8.78 Å². The van der Waals surface area contributed by atoms with Gasteiger partial charge in [0.2, 0.25) is 0 Å². The SMILES string of the molecule is CCCCOc1c(F)cc(CC(=O)OCC)cc1F. The van der Waals surface area contributed by atoms with E-state index in [9.17, 15) is 13.6 Å². The van der Waals surface area contributed by atoms with Crippen LogP contribution in [0.25, 0.3) is 0 Å². The molecule has 106 valence electrons. The second-order valence-electron chi connectivity index (χ2n) is 4.07. The molecule has 0 radical (unpaired) electrons. The Morgan fingerprint density at radius 3 is 2.37 bits per heavy atom. The molecule has 0 aliphatic rings. The predicted octanol–water partition coefficient (Wildman–Crippen LogP) is 3.25. The van der Waals surface area contributed by atoms with Crippen molar-refractivity contribution in [3.8, 4) is 5.75 Å². The summed E-state index contributed by atoms with van der Waals surface area (Å²) in [6.45, 7) is 4.13. The van der Waals surface area contributed by atoms with E-state index >= 15 is 0 Å². The second kappa shape index (κ2) is 7.71. The van der Waals surface area contributed by atoms with Gasteiger partial charge in [-0.1, -0.05) is 13.3 Å². The standard InChI is InChI=1S/C14H18F2O3/c1-3-5-6-19-14-11(15)7-10(8-12(14)16)9-13(17)18-4-2/h7-8H,3-6,9H2,1-2H3. The van der Waals surface area contributed by atoms with Crippen LogP contribution in [0.5, 0.6) is 5.75 Å². The number of hydrogen-bond donors (Lipinski definition) is 0. The van der Waals surface area contributed by atoms with E-state index in [1.54, 1.807) is 6.92 Å². The van der Waals surface area contributed by atoms with Gasteiger partial charge in [0.15, 0.2) is 17.4 Å². The number of benzene rings is 1. The third-order valence-electron chi connectivity index (χ3n) is 2.46. The van der Waals surface area contributed by atoms with Crippen LogP contribution >= 0.6 is 0 Å². The van der Waals surface area contributed by atoms with Crippen LogP contribution in [0.1, 0.15) is 32.3 Å². The van der Waals surface area contributed by atoms with Crippen molar-refractivity contribution in [1.29, 1.82) is 0 Å². The fourth-order valence-electron chi connectivity index (χ4n) is 1.55. The number of unbranched alkanes of at least 4 members (excludes halogenated alkanes) is 1. The molecule has 0 atom stereocenters. The molecule has 0 saturated heterocycles. The Labute approximate surface area is 111 Å². The Morgan fingerprint density at radius 2 is 1.84 bits per heavy atom. The minimum absolute atomic E-state index is 0.156. The summed E-state index contributed by atoms with van der Waals surface area (Å²) in [4.78, 5) is 11.2. The van der Waals surface area contributed by atoms with Crippen molar-refractivity contribution in [2.45, 2.75) is 33.1 Å². The molecule has 0 bridgehead atoms. The highest BCUT2D eigenvalue weighted by Gasteiger charge is 2.14. The molecule has 19 heavy (non-hydrogen) atoms. The van der Waals surface area contributed by atoms with Gasteiger partial charge in [0.1, 0.15) is 0 Å². The van der Waals surface area contributed by atoms with E-state index < -0.39 is 17.6 Å². The number of halogens is 2. The van der Waals surface area contributed by atoms with E-state index in [2.05, 4.69) is 0 Å². The van der Waals surface area contributed by atoms with Crippen LogP contribution < -0.4 is 4.74 Å². The first-order valence-electron chi connectivity index (χ1n) is 6.34. The van der Waals surface area contributed by atoms with E-state index in [4.69, 9.17) is 9.47 Å². The van der Waals surface area contributed by atoms with Gasteiger partial charge in [-0.3, -0.25) is 4.79 Å². The largest absolute Gasteiger partial charge is 0.488 e. The van der Waals surface area contributed by atoms with E-state index in [0.29, 0.717) is 0 Å². The molecule has 1 aromatic carbocycles. The van der Waals surface area contributed by atoms with Crippen LogP contribution in [-0.2, 0) is 16.0 Å². The first-order valence-corrected chi connectivity index (χ1v) is 6.34. The Kier molecular flexibility index (Phi) is 6.25. The van der Waals surface area contributed by atoms with Crippen LogP contribution in [0.15, 0.2) is 12.1 Å². The first-order chi connectivity index (χ1) is 9.08. The number of esters is 1. The highest BCUT2D eigenvalue weighted by molar-refractivity contribution is 5.72. The average molecular weight is 272 g/mol. The predicted molar refractivity (Wildman–Crippen MR) is 67.1 cm³/mol. The fourth-order valence-corrected chi connectivity index (χ4v) is 1.55. The Morgan fingerprint density at radius 1 is 1.21 bits per heavy atom. The second-order valence-corrected chi connectivity index (χ2v) is 4.07. The quantitative estimate of drug-likeness (QED) is 0.564. The highest BCUT2D eigenvalue weighted by atomic mass is 19.1. The molecule has 0 N–H and O–H groups in total. The van der Waals surface area contributed by atoms with Crippen molar-refractivity contribution in [2.24, 2.45) is 0 Å². The maximum absolute atomic E-state index is 13.7. The van der Waals surface area contributed by atoms with Crippen molar-refractivity contribution in [3.63, 3.8) is 0 Å². The average Bonchev–Trinajstić information content (AvgIpc) is 2.33. The van der Waals surface area contributed by atoms with Gasteiger partial charge >= 0.3 is 5.97 Å². The number of rotatable bonds is 7. The zero-order chi connectivity index (χ0) is 14.3. The lowest BCUT2D eigenvalue weighted by Crippen LogP contribution is -2.09. The molecule has 0 aliphatic heterocycles. The summed E-state index contributed by atoms with van der Waals surface area (Å²) in [5.41, 5.74) is 0.233. The lowest BCUT2D eigenvalue weighted by Gasteiger charge is -2.09. The van der Waals surface area contributed by atoms with Gasteiger partial charge in [0.05, 0.1) is 19.6 Å². The third kappa shape index (κ3) is 4.85. The summed E-state index contributed by atoms with van der Waals surface area (Å²) in [6, 6.07) is 2.20. The molecule has 1 aromatic rings. The Balaban J connectivity index is 2.75. The molecule has 1 rings (SSSR count). The van der Waals surface area contributed by atoms with E-state index in [1.165, 1.54) is 0 Å². The summed E-state index contributed by atoms with van der Waals surface area (Å²) in [6.07, 6.45) is 1.45. The Bertz CT molecular complexity index is 410. The van der Waals surface area contributed by atoms with Crippen molar-refractivity contribution in [2.75, 3.05) is 13.2 Å². The van der Waals surface area contributed by atoms with Gasteiger partial charge in [0, 0.05) is 0 Å². The lowest BCUT2D eigenvalue weighted by molar-refractivity contribution is -0.142. The number of carbonyl (C=O) groups excluding carboxylic acids is 1. The van der Waals surface area contributed by atoms with Crippen LogP contribution in [0, 0.1) is 11.6 Å². The molecule has 0 aromatic heterocycles. The molecule has 5 heteroatoms. The van der Waals surface area contributed by atoms with E-state index in [-0.39, 0.29) is 30.9 Å². The van der Waals surface area contributed by atoms with Gasteiger partial charge < -0.3 is 9.47 Å². The minimum atomic E-state index is -0.796. The third-order valence-corrected chi connectivity index (χ3v) is 2.46. The van der Waals surface area contributed by atoms with Gasteiger partial charge in [-0.2, -0.15) is 0 Å². The minimum Gasteiger partial charge on any atom is -0.488 e. The molecule has 3 nitrogen and oxygen atoms in total. The first kappa shape index (κ1) is 15.4. The van der Waals surface area contributed by atoms with Gasteiger partial charge in [-0.15, -0.1) is 0 Å². The maximum atomic E-state index is 13.7. The molecular weight excluding hydrogens is 254 g/mol. The number of carbonyl (C=O) groups is 1. The molecule has 0 amide bonds. The summed E-state index contributed by atoms with van der Waals surface area (Å²) >= 11 is 0.